The third-order valence-corrected chi connectivity index (χ3v) is 10.6. The van der Waals surface area contributed by atoms with E-state index in [0.29, 0.717) is 38.5 Å². The Bertz CT molecular complexity index is 681. The van der Waals surface area contributed by atoms with Crippen LogP contribution in [0.1, 0.15) is 148 Å². The summed E-state index contributed by atoms with van der Waals surface area (Å²) in [6.07, 6.45) is 24.5. The first kappa shape index (κ1) is 28.8. The number of rotatable bonds is 15. The van der Waals surface area contributed by atoms with Gasteiger partial charge in [0.1, 0.15) is 17.7 Å². The van der Waals surface area contributed by atoms with Crippen molar-refractivity contribution < 1.29 is 19.1 Å². The van der Waals surface area contributed by atoms with Crippen LogP contribution >= 0.6 is 0 Å². The van der Waals surface area contributed by atoms with Crippen LogP contribution in [0, 0.1) is 35.5 Å². The summed E-state index contributed by atoms with van der Waals surface area (Å²) in [7, 11) is 0. The summed E-state index contributed by atoms with van der Waals surface area (Å²) in [5.41, 5.74) is 0. The van der Waals surface area contributed by atoms with Crippen molar-refractivity contribution >= 4 is 17.5 Å². The SMILES string of the molecule is CC(=O)CCCC(=O)CCCC(=O)OC(CCC1CC2CCCCC2C1)CCC1CC2CCCCC2C1. The summed E-state index contributed by atoms with van der Waals surface area (Å²) in [5.74, 6) is 5.72. The Balaban J connectivity index is 1.20. The highest BCUT2D eigenvalue weighted by molar-refractivity contribution is 5.80. The van der Waals surface area contributed by atoms with Gasteiger partial charge in [-0.05, 0) is 107 Å². The minimum Gasteiger partial charge on any atom is -0.462 e. The number of Topliss-reactive ketones (excluding diaryl/α,β-unsaturated/α-hetero) is 2. The fourth-order valence-corrected chi connectivity index (χ4v) is 8.63. The van der Waals surface area contributed by atoms with Gasteiger partial charge < -0.3 is 9.53 Å². The third-order valence-electron chi connectivity index (χ3n) is 10.6. The van der Waals surface area contributed by atoms with Crippen molar-refractivity contribution in [2.24, 2.45) is 35.5 Å². The lowest BCUT2D eigenvalue weighted by molar-refractivity contribution is -0.150. The molecule has 0 aromatic heterocycles. The van der Waals surface area contributed by atoms with E-state index in [1.165, 1.54) is 89.9 Å². The van der Waals surface area contributed by atoms with Crippen molar-refractivity contribution in [2.75, 3.05) is 0 Å². The zero-order valence-corrected chi connectivity index (χ0v) is 23.7. The average molecular weight is 515 g/mol. The molecule has 210 valence electrons. The van der Waals surface area contributed by atoms with Gasteiger partial charge in [-0.25, -0.2) is 0 Å². The van der Waals surface area contributed by atoms with Crippen molar-refractivity contribution in [1.82, 2.24) is 0 Å². The fraction of sp³-hybridized carbons (Fsp3) is 0.909. The molecule has 4 unspecified atom stereocenters. The Morgan fingerprint density at radius 1 is 0.649 bits per heavy atom. The van der Waals surface area contributed by atoms with E-state index in [4.69, 9.17) is 4.74 Å². The molecule has 0 saturated heterocycles. The molecule has 4 rings (SSSR count). The van der Waals surface area contributed by atoms with Crippen LogP contribution < -0.4 is 0 Å². The van der Waals surface area contributed by atoms with Gasteiger partial charge in [0.2, 0.25) is 0 Å². The Morgan fingerprint density at radius 2 is 1.08 bits per heavy atom. The van der Waals surface area contributed by atoms with Gasteiger partial charge in [0, 0.05) is 25.7 Å². The van der Waals surface area contributed by atoms with Crippen LogP contribution in [-0.4, -0.2) is 23.6 Å². The summed E-state index contributed by atoms with van der Waals surface area (Å²) < 4.78 is 6.11. The van der Waals surface area contributed by atoms with E-state index < -0.39 is 0 Å². The number of esters is 1. The largest absolute Gasteiger partial charge is 0.462 e. The highest BCUT2D eigenvalue weighted by atomic mass is 16.5. The summed E-state index contributed by atoms with van der Waals surface area (Å²) in [5, 5.41) is 0. The Hall–Kier alpha value is -1.19. The molecule has 0 heterocycles. The number of carbonyl (C=O) groups is 3. The van der Waals surface area contributed by atoms with Gasteiger partial charge in [-0.2, -0.15) is 0 Å². The molecular formula is C33H54O4. The zero-order chi connectivity index (χ0) is 26.0. The average Bonchev–Trinajstić information content (AvgIpc) is 3.48. The third kappa shape index (κ3) is 9.50. The molecule has 0 aromatic carbocycles. The van der Waals surface area contributed by atoms with Crippen LogP contribution in [0.3, 0.4) is 0 Å². The van der Waals surface area contributed by atoms with Crippen LogP contribution in [0.5, 0.6) is 0 Å². The monoisotopic (exact) mass is 514 g/mol. The molecule has 37 heavy (non-hydrogen) atoms. The molecule has 4 fully saturated rings. The minimum atomic E-state index is -0.110. The number of carbonyl (C=O) groups excluding carboxylic acids is 3. The first-order valence-corrected chi connectivity index (χ1v) is 16.2. The molecular weight excluding hydrogens is 460 g/mol. The summed E-state index contributed by atoms with van der Waals surface area (Å²) in [6, 6.07) is 0. The van der Waals surface area contributed by atoms with Gasteiger partial charge >= 0.3 is 5.97 Å². The number of hydrogen-bond acceptors (Lipinski definition) is 4. The quantitative estimate of drug-likeness (QED) is 0.206. The van der Waals surface area contributed by atoms with Crippen LogP contribution in [-0.2, 0) is 19.1 Å². The Kier molecular flexibility index (Phi) is 11.5. The van der Waals surface area contributed by atoms with Crippen molar-refractivity contribution in [1.29, 1.82) is 0 Å². The van der Waals surface area contributed by atoms with E-state index in [9.17, 15) is 14.4 Å². The summed E-state index contributed by atoms with van der Waals surface area (Å²) >= 11 is 0. The lowest BCUT2D eigenvalue weighted by atomic mass is 9.82. The molecule has 4 nitrogen and oxygen atoms in total. The van der Waals surface area contributed by atoms with Crippen LogP contribution in [0.2, 0.25) is 0 Å². The molecule has 4 heteroatoms. The van der Waals surface area contributed by atoms with Gasteiger partial charge in [0.05, 0.1) is 0 Å². The second-order valence-corrected chi connectivity index (χ2v) is 13.5. The lowest BCUT2D eigenvalue weighted by Gasteiger charge is -2.24. The maximum Gasteiger partial charge on any atom is 0.306 e. The molecule has 4 atom stereocenters. The normalized spacial score (nSPS) is 31.9. The second-order valence-electron chi connectivity index (χ2n) is 13.5. The van der Waals surface area contributed by atoms with Crippen LogP contribution in [0.15, 0.2) is 0 Å². The Morgan fingerprint density at radius 3 is 1.51 bits per heavy atom. The van der Waals surface area contributed by atoms with E-state index in [0.717, 1.165) is 48.3 Å². The number of ketones is 2. The molecule has 0 radical (unpaired) electrons. The minimum absolute atomic E-state index is 0.0593. The molecule has 0 bridgehead atoms. The number of fused-ring (bicyclic) bond motifs is 2. The maximum atomic E-state index is 12.8. The molecule has 4 saturated carbocycles. The van der Waals surface area contributed by atoms with Gasteiger partial charge in [0.15, 0.2) is 0 Å². The zero-order valence-electron chi connectivity index (χ0n) is 23.7. The second kappa shape index (κ2) is 14.8. The van der Waals surface area contributed by atoms with Crippen LogP contribution in [0.4, 0.5) is 0 Å². The van der Waals surface area contributed by atoms with Crippen LogP contribution in [0.25, 0.3) is 0 Å². The van der Waals surface area contributed by atoms with Gasteiger partial charge in [-0.3, -0.25) is 9.59 Å². The smallest absolute Gasteiger partial charge is 0.306 e. The van der Waals surface area contributed by atoms with Crippen molar-refractivity contribution in [2.45, 2.75) is 154 Å². The van der Waals surface area contributed by atoms with Crippen molar-refractivity contribution in [3.8, 4) is 0 Å². The van der Waals surface area contributed by atoms with E-state index in [2.05, 4.69) is 0 Å². The van der Waals surface area contributed by atoms with Crippen molar-refractivity contribution in [3.05, 3.63) is 0 Å². The Labute approximate surface area is 226 Å². The standard InChI is InChI=1S/C33H54O4/c1-24(34)8-6-13-31(35)14-7-15-33(36)37-32(18-16-25-20-27-9-2-3-10-28(27)21-25)19-17-26-22-29-11-4-5-12-30(29)23-26/h25-30,32H,2-23H2,1H3. The van der Waals surface area contributed by atoms with Gasteiger partial charge in [-0.15, -0.1) is 0 Å². The molecule has 4 aliphatic rings. The summed E-state index contributed by atoms with van der Waals surface area (Å²) in [4.78, 5) is 35.9. The molecule has 0 spiro atoms. The number of hydrogen-bond donors (Lipinski definition) is 0. The first-order chi connectivity index (χ1) is 18.0. The first-order valence-electron chi connectivity index (χ1n) is 16.2. The van der Waals surface area contributed by atoms with E-state index in [1.807, 2.05) is 0 Å². The van der Waals surface area contributed by atoms with Gasteiger partial charge in [0.25, 0.3) is 0 Å². The molecule has 0 aliphatic heterocycles. The molecule has 0 amide bonds. The molecule has 0 aromatic rings. The highest BCUT2D eigenvalue weighted by Gasteiger charge is 2.37. The molecule has 4 aliphatic carbocycles. The molecule has 0 N–H and O–H groups in total. The predicted octanol–water partition coefficient (Wildman–Crippen LogP) is 8.39. The summed E-state index contributed by atoms with van der Waals surface area (Å²) in [6.45, 7) is 1.57. The number of ether oxygens (including phenoxy) is 1. The van der Waals surface area contributed by atoms with E-state index in [-0.39, 0.29) is 23.6 Å². The van der Waals surface area contributed by atoms with Crippen molar-refractivity contribution in [3.63, 3.8) is 0 Å². The van der Waals surface area contributed by atoms with E-state index >= 15 is 0 Å². The highest BCUT2D eigenvalue weighted by Crippen LogP contribution is 2.48. The lowest BCUT2D eigenvalue weighted by Crippen LogP contribution is -2.20. The predicted molar refractivity (Wildman–Crippen MR) is 148 cm³/mol. The maximum absolute atomic E-state index is 12.8. The van der Waals surface area contributed by atoms with E-state index in [1.54, 1.807) is 6.92 Å². The fourth-order valence-electron chi connectivity index (χ4n) is 8.63. The van der Waals surface area contributed by atoms with Gasteiger partial charge in [-0.1, -0.05) is 51.4 Å². The topological polar surface area (TPSA) is 60.4 Å².